The van der Waals surface area contributed by atoms with Crippen LogP contribution in [-0.4, -0.2) is 39.7 Å². The first-order valence-corrected chi connectivity index (χ1v) is 11.3. The molecule has 0 saturated carbocycles. The molecule has 184 valence electrons. The summed E-state index contributed by atoms with van der Waals surface area (Å²) in [5.41, 5.74) is 0.303. The standard InChI is InChI=1S/C24H30F3N5O2/c1-14-10-12-34-13-18(14)32-17-9-11-28-22(33)19(17)21(31-32)29-16-7-5-15(6-8-16)20(24(25,26)27)30-23(2,3)4/h5-9,11,14,18,20,30H,10,12-13H2,1-4H3,(H,28,33)(H,29,31)/t14-,18-,20?/m0/s1. The molecule has 1 unspecified atom stereocenters. The number of aromatic nitrogens is 3. The lowest BCUT2D eigenvalue weighted by atomic mass is 9.97. The van der Waals surface area contributed by atoms with Crippen LogP contribution in [0.15, 0.2) is 41.3 Å². The lowest BCUT2D eigenvalue weighted by Gasteiger charge is -2.30. The van der Waals surface area contributed by atoms with Crippen LogP contribution in [0.4, 0.5) is 24.7 Å². The van der Waals surface area contributed by atoms with Gasteiger partial charge in [-0.05, 0) is 56.9 Å². The second-order valence-electron chi connectivity index (χ2n) is 9.88. The summed E-state index contributed by atoms with van der Waals surface area (Å²) in [5, 5.41) is 10.8. The van der Waals surface area contributed by atoms with E-state index in [0.717, 1.165) is 6.42 Å². The van der Waals surface area contributed by atoms with Crippen LogP contribution in [0.3, 0.4) is 0 Å². The molecule has 1 saturated heterocycles. The SMILES string of the molecule is C[C@H]1CCOC[C@@H]1n1nc(Nc2ccc(C(NC(C)(C)C)C(F)(F)F)cc2)c2c(=O)[nH]ccc21. The number of alkyl halides is 3. The van der Waals surface area contributed by atoms with Crippen molar-refractivity contribution in [3.05, 3.63) is 52.4 Å². The molecule has 4 rings (SSSR count). The second-order valence-corrected chi connectivity index (χ2v) is 9.88. The third-order valence-electron chi connectivity index (χ3n) is 6.02. The van der Waals surface area contributed by atoms with E-state index in [1.54, 1.807) is 45.2 Å². The summed E-state index contributed by atoms with van der Waals surface area (Å²) in [6.07, 6.45) is -1.97. The minimum Gasteiger partial charge on any atom is -0.379 e. The van der Waals surface area contributed by atoms with Gasteiger partial charge in [-0.1, -0.05) is 19.1 Å². The van der Waals surface area contributed by atoms with E-state index in [4.69, 9.17) is 4.74 Å². The molecule has 7 nitrogen and oxygen atoms in total. The molecule has 1 fully saturated rings. The molecule has 1 aliphatic heterocycles. The zero-order valence-corrected chi connectivity index (χ0v) is 19.7. The van der Waals surface area contributed by atoms with Gasteiger partial charge in [-0.25, -0.2) is 0 Å². The molecule has 2 aromatic heterocycles. The van der Waals surface area contributed by atoms with Crippen LogP contribution in [0.1, 0.15) is 51.8 Å². The highest BCUT2D eigenvalue weighted by Crippen LogP contribution is 2.36. The molecule has 3 aromatic rings. The van der Waals surface area contributed by atoms with E-state index in [1.807, 2.05) is 4.68 Å². The molecule has 0 aliphatic carbocycles. The molecule has 1 aliphatic rings. The zero-order chi connectivity index (χ0) is 24.7. The number of H-pyrrole nitrogens is 1. The molecule has 0 amide bonds. The second kappa shape index (κ2) is 9.07. The van der Waals surface area contributed by atoms with Gasteiger partial charge in [-0.2, -0.15) is 18.3 Å². The summed E-state index contributed by atoms with van der Waals surface area (Å²) < 4.78 is 48.5. The Morgan fingerprint density at radius 2 is 1.88 bits per heavy atom. The highest BCUT2D eigenvalue weighted by atomic mass is 19.4. The van der Waals surface area contributed by atoms with E-state index in [1.165, 1.54) is 12.1 Å². The molecule has 0 radical (unpaired) electrons. The van der Waals surface area contributed by atoms with Crippen molar-refractivity contribution >= 4 is 22.4 Å². The van der Waals surface area contributed by atoms with Crippen LogP contribution in [-0.2, 0) is 4.74 Å². The Morgan fingerprint density at radius 1 is 1.18 bits per heavy atom. The van der Waals surface area contributed by atoms with Gasteiger partial charge in [0.2, 0.25) is 0 Å². The first-order valence-electron chi connectivity index (χ1n) is 11.3. The van der Waals surface area contributed by atoms with Crippen molar-refractivity contribution in [2.75, 3.05) is 18.5 Å². The van der Waals surface area contributed by atoms with Gasteiger partial charge in [-0.15, -0.1) is 0 Å². The fourth-order valence-electron chi connectivity index (χ4n) is 4.26. The molecule has 3 atom stereocenters. The number of ether oxygens (including phenoxy) is 1. The van der Waals surface area contributed by atoms with Gasteiger partial charge >= 0.3 is 6.18 Å². The van der Waals surface area contributed by atoms with E-state index >= 15 is 0 Å². The molecule has 3 N–H and O–H groups in total. The van der Waals surface area contributed by atoms with Crippen molar-refractivity contribution in [2.45, 2.75) is 57.9 Å². The zero-order valence-electron chi connectivity index (χ0n) is 19.7. The topological polar surface area (TPSA) is 84.0 Å². The summed E-state index contributed by atoms with van der Waals surface area (Å²) in [5.74, 6) is 0.667. The number of halogens is 3. The van der Waals surface area contributed by atoms with E-state index in [2.05, 4.69) is 27.6 Å². The molecule has 0 bridgehead atoms. The highest BCUT2D eigenvalue weighted by Gasteiger charge is 2.42. The number of benzene rings is 1. The lowest BCUT2D eigenvalue weighted by molar-refractivity contribution is -0.161. The van der Waals surface area contributed by atoms with Gasteiger partial charge in [0.05, 0.1) is 18.2 Å². The number of fused-ring (bicyclic) bond motifs is 1. The number of nitrogens with one attached hydrogen (secondary N) is 3. The van der Waals surface area contributed by atoms with Crippen molar-refractivity contribution < 1.29 is 17.9 Å². The Morgan fingerprint density at radius 3 is 2.50 bits per heavy atom. The van der Waals surface area contributed by atoms with Crippen LogP contribution in [0.5, 0.6) is 0 Å². The maximum Gasteiger partial charge on any atom is 0.407 e. The van der Waals surface area contributed by atoms with Crippen LogP contribution < -0.4 is 16.2 Å². The Kier molecular flexibility index (Phi) is 6.48. The summed E-state index contributed by atoms with van der Waals surface area (Å²) in [6, 6.07) is 5.97. The monoisotopic (exact) mass is 477 g/mol. The largest absolute Gasteiger partial charge is 0.407 e. The fourth-order valence-corrected chi connectivity index (χ4v) is 4.26. The molecular weight excluding hydrogens is 447 g/mol. The van der Waals surface area contributed by atoms with Crippen molar-refractivity contribution in [1.29, 1.82) is 0 Å². The molecule has 3 heterocycles. The highest BCUT2D eigenvalue weighted by molar-refractivity contribution is 5.91. The first kappa shape index (κ1) is 24.3. The van der Waals surface area contributed by atoms with Crippen LogP contribution in [0.25, 0.3) is 10.9 Å². The normalized spacial score (nSPS) is 20.4. The number of aromatic amines is 1. The van der Waals surface area contributed by atoms with Crippen LogP contribution >= 0.6 is 0 Å². The van der Waals surface area contributed by atoms with E-state index in [0.29, 0.717) is 41.5 Å². The molecule has 34 heavy (non-hydrogen) atoms. The predicted molar refractivity (Wildman–Crippen MR) is 125 cm³/mol. The Bertz CT molecular complexity index is 1190. The predicted octanol–water partition coefficient (Wildman–Crippen LogP) is 5.06. The summed E-state index contributed by atoms with van der Waals surface area (Å²) in [6.45, 7) is 8.40. The summed E-state index contributed by atoms with van der Waals surface area (Å²) in [7, 11) is 0. The Hall–Kier alpha value is -2.85. The third kappa shape index (κ3) is 5.12. The number of anilines is 2. The van der Waals surface area contributed by atoms with Crippen LogP contribution in [0.2, 0.25) is 0 Å². The molecule has 10 heteroatoms. The molecular formula is C24H30F3N5O2. The first-order chi connectivity index (χ1) is 15.9. The average Bonchev–Trinajstić information content (AvgIpc) is 3.11. The molecule has 1 aromatic carbocycles. The van der Waals surface area contributed by atoms with Crippen molar-refractivity contribution in [3.8, 4) is 0 Å². The van der Waals surface area contributed by atoms with Crippen molar-refractivity contribution in [3.63, 3.8) is 0 Å². The summed E-state index contributed by atoms with van der Waals surface area (Å²) in [4.78, 5) is 15.3. The lowest BCUT2D eigenvalue weighted by Crippen LogP contribution is -2.45. The smallest absolute Gasteiger partial charge is 0.379 e. The maximum atomic E-state index is 13.7. The van der Waals surface area contributed by atoms with Gasteiger partial charge < -0.3 is 15.0 Å². The number of hydrogen-bond donors (Lipinski definition) is 3. The quantitative estimate of drug-likeness (QED) is 0.479. The van der Waals surface area contributed by atoms with Gasteiger partial charge in [0.1, 0.15) is 11.4 Å². The van der Waals surface area contributed by atoms with Crippen molar-refractivity contribution in [2.24, 2.45) is 5.92 Å². The number of nitrogens with zero attached hydrogens (tertiary/aromatic N) is 2. The van der Waals surface area contributed by atoms with E-state index < -0.39 is 17.8 Å². The van der Waals surface area contributed by atoms with Crippen molar-refractivity contribution in [1.82, 2.24) is 20.1 Å². The fraction of sp³-hybridized carbons (Fsp3) is 0.500. The third-order valence-corrected chi connectivity index (χ3v) is 6.02. The van der Waals surface area contributed by atoms with Gasteiger partial charge in [0, 0.05) is 24.0 Å². The van der Waals surface area contributed by atoms with Gasteiger partial charge in [-0.3, -0.25) is 14.8 Å². The van der Waals surface area contributed by atoms with Gasteiger partial charge in [0.25, 0.3) is 5.56 Å². The molecule has 0 spiro atoms. The minimum absolute atomic E-state index is 0.0213. The van der Waals surface area contributed by atoms with Gasteiger partial charge in [0.15, 0.2) is 5.82 Å². The number of pyridine rings is 1. The minimum atomic E-state index is -4.44. The van der Waals surface area contributed by atoms with Crippen LogP contribution in [0, 0.1) is 5.92 Å². The number of hydrogen-bond acceptors (Lipinski definition) is 5. The maximum absolute atomic E-state index is 13.7. The summed E-state index contributed by atoms with van der Waals surface area (Å²) >= 11 is 0. The Labute approximate surface area is 195 Å². The average molecular weight is 478 g/mol. The van der Waals surface area contributed by atoms with E-state index in [-0.39, 0.29) is 17.2 Å². The number of rotatable bonds is 5. The van der Waals surface area contributed by atoms with E-state index in [9.17, 15) is 18.0 Å². The Balaban J connectivity index is 1.66.